The Hall–Kier alpha value is -0.790. The first-order valence-electron chi connectivity index (χ1n) is 2.69. The Morgan fingerprint density at radius 2 is 2.62 bits per heavy atom. The number of nitrogens with one attached hydrogen (secondary N) is 1. The Morgan fingerprint density at radius 1 is 1.88 bits per heavy atom. The Bertz CT molecular complexity index is 135. The molecule has 1 aliphatic heterocycles. The zero-order valence-electron chi connectivity index (χ0n) is 5.10. The van der Waals surface area contributed by atoms with E-state index < -0.39 is 0 Å². The summed E-state index contributed by atoms with van der Waals surface area (Å²) in [6.45, 7) is 4.02. The summed E-state index contributed by atoms with van der Waals surface area (Å²) in [7, 11) is 0. The van der Waals surface area contributed by atoms with Gasteiger partial charge in [-0.25, -0.2) is 4.99 Å². The van der Waals surface area contributed by atoms with Gasteiger partial charge in [-0.3, -0.25) is 0 Å². The average molecular weight is 109 g/mol. The molecule has 0 saturated heterocycles. The van der Waals surface area contributed by atoms with Gasteiger partial charge in [0.2, 0.25) is 0 Å². The number of allylic oxidation sites excluding steroid dienone is 1. The molecule has 0 aromatic heterocycles. The number of hydrogen-bond acceptors (Lipinski definition) is 2. The highest BCUT2D eigenvalue weighted by Gasteiger charge is 1.98. The van der Waals surface area contributed by atoms with Crippen LogP contribution in [0.5, 0.6) is 0 Å². The van der Waals surface area contributed by atoms with E-state index >= 15 is 0 Å². The van der Waals surface area contributed by atoms with Crippen LogP contribution in [0.4, 0.5) is 0 Å². The lowest BCUT2D eigenvalue weighted by Crippen LogP contribution is -2.24. The monoisotopic (exact) mass is 109 g/mol. The summed E-state index contributed by atoms with van der Waals surface area (Å²) < 4.78 is 0. The topological polar surface area (TPSA) is 24.4 Å². The van der Waals surface area contributed by atoms with Gasteiger partial charge in [0, 0.05) is 11.7 Å². The summed E-state index contributed by atoms with van der Waals surface area (Å²) in [5.74, 6) is 0. The average Bonchev–Trinajstić information content (AvgIpc) is 1.64. The van der Waals surface area contributed by atoms with Gasteiger partial charge >= 0.3 is 0 Å². The molecule has 0 bridgehead atoms. The molecule has 0 aromatic carbocycles. The van der Waals surface area contributed by atoms with E-state index in [0.717, 1.165) is 5.70 Å². The van der Waals surface area contributed by atoms with E-state index in [1.165, 1.54) is 0 Å². The molecule has 1 N–H and O–H groups in total. The number of hydrogen-bond donors (Lipinski definition) is 1. The van der Waals surface area contributed by atoms with Crippen LogP contribution in [0.3, 0.4) is 0 Å². The van der Waals surface area contributed by atoms with Crippen LogP contribution in [-0.4, -0.2) is 12.4 Å². The van der Waals surface area contributed by atoms with E-state index in [1.54, 1.807) is 0 Å². The van der Waals surface area contributed by atoms with Crippen molar-refractivity contribution in [3.63, 3.8) is 0 Å². The lowest BCUT2D eigenvalue weighted by atomic mass is 10.2. The Labute approximate surface area is 49.3 Å². The van der Waals surface area contributed by atoms with Crippen LogP contribution in [0.25, 0.3) is 0 Å². The SMILES string of the molecule is CC1=C[C@H](C)N[C]=N1. The van der Waals surface area contributed by atoms with Crippen LogP contribution < -0.4 is 5.32 Å². The maximum Gasteiger partial charge on any atom is 0.169 e. The molecule has 8 heavy (non-hydrogen) atoms. The summed E-state index contributed by atoms with van der Waals surface area (Å²) in [4.78, 5) is 3.88. The molecule has 0 spiro atoms. The van der Waals surface area contributed by atoms with E-state index in [1.807, 2.05) is 6.92 Å². The van der Waals surface area contributed by atoms with Crippen LogP contribution in [-0.2, 0) is 0 Å². The molecule has 0 amide bonds. The molecule has 1 radical (unpaired) electrons. The van der Waals surface area contributed by atoms with Gasteiger partial charge in [0.25, 0.3) is 0 Å². The molecular weight excluding hydrogens is 100 g/mol. The van der Waals surface area contributed by atoms with E-state index in [2.05, 4.69) is 29.6 Å². The highest BCUT2D eigenvalue weighted by atomic mass is 15.0. The van der Waals surface area contributed by atoms with E-state index in [4.69, 9.17) is 0 Å². The number of nitrogens with zero attached hydrogens (tertiary/aromatic N) is 1. The number of rotatable bonds is 0. The third-order valence-corrected chi connectivity index (χ3v) is 1.02. The van der Waals surface area contributed by atoms with Crippen molar-refractivity contribution in [2.24, 2.45) is 4.99 Å². The number of aliphatic imine (C=N–C) groups is 1. The quantitative estimate of drug-likeness (QED) is 0.488. The molecule has 43 valence electrons. The first-order chi connectivity index (χ1) is 3.79. The summed E-state index contributed by atoms with van der Waals surface area (Å²) in [5.41, 5.74) is 1.04. The van der Waals surface area contributed by atoms with Crippen molar-refractivity contribution in [3.05, 3.63) is 11.8 Å². The van der Waals surface area contributed by atoms with Crippen molar-refractivity contribution in [2.75, 3.05) is 0 Å². The summed E-state index contributed by atoms with van der Waals surface area (Å²) in [6.07, 6.45) is 4.74. The largest absolute Gasteiger partial charge is 0.361 e. The summed E-state index contributed by atoms with van der Waals surface area (Å²) in [6, 6.07) is 0.396. The third-order valence-electron chi connectivity index (χ3n) is 1.02. The van der Waals surface area contributed by atoms with Gasteiger partial charge in [0.1, 0.15) is 0 Å². The molecule has 0 fully saturated rings. The van der Waals surface area contributed by atoms with E-state index in [0.29, 0.717) is 6.04 Å². The summed E-state index contributed by atoms with van der Waals surface area (Å²) >= 11 is 0. The van der Waals surface area contributed by atoms with Gasteiger partial charge in [-0.05, 0) is 19.9 Å². The summed E-state index contributed by atoms with van der Waals surface area (Å²) in [5, 5.41) is 2.92. The first-order valence-corrected chi connectivity index (χ1v) is 2.69. The fourth-order valence-corrected chi connectivity index (χ4v) is 0.663. The molecule has 2 nitrogen and oxygen atoms in total. The van der Waals surface area contributed by atoms with Crippen molar-refractivity contribution in [3.8, 4) is 0 Å². The van der Waals surface area contributed by atoms with E-state index in [9.17, 15) is 0 Å². The minimum Gasteiger partial charge on any atom is -0.361 e. The maximum absolute atomic E-state index is 3.88. The third kappa shape index (κ3) is 1.09. The van der Waals surface area contributed by atoms with Crippen LogP contribution in [0.1, 0.15) is 13.8 Å². The Kier molecular flexibility index (Phi) is 1.33. The molecule has 2 heteroatoms. The van der Waals surface area contributed by atoms with Crippen LogP contribution in [0.2, 0.25) is 0 Å². The zero-order valence-corrected chi connectivity index (χ0v) is 5.10. The van der Waals surface area contributed by atoms with Gasteiger partial charge < -0.3 is 5.32 Å². The van der Waals surface area contributed by atoms with Crippen LogP contribution in [0.15, 0.2) is 16.8 Å². The molecule has 0 saturated carbocycles. The predicted molar refractivity (Wildman–Crippen MR) is 33.8 cm³/mol. The second-order valence-corrected chi connectivity index (χ2v) is 1.96. The lowest BCUT2D eigenvalue weighted by Gasteiger charge is -2.09. The van der Waals surface area contributed by atoms with Crippen molar-refractivity contribution in [1.82, 2.24) is 5.32 Å². The molecule has 1 rings (SSSR count). The molecule has 1 aliphatic rings. The van der Waals surface area contributed by atoms with Crippen LogP contribution >= 0.6 is 0 Å². The van der Waals surface area contributed by atoms with Gasteiger partial charge in [0.15, 0.2) is 6.34 Å². The molecule has 1 heterocycles. The molecule has 0 aromatic rings. The van der Waals surface area contributed by atoms with Crippen molar-refractivity contribution >= 4 is 6.34 Å². The lowest BCUT2D eigenvalue weighted by molar-refractivity contribution is 0.793. The molecule has 0 unspecified atom stereocenters. The standard InChI is InChI=1S/C6H9N2/c1-5-3-6(2)8-4-7-5/h3,5H,1-2H3,(H,7,8)/t5-/m0/s1. The van der Waals surface area contributed by atoms with Crippen LogP contribution in [0, 0.1) is 0 Å². The second kappa shape index (κ2) is 1.99. The van der Waals surface area contributed by atoms with Crippen molar-refractivity contribution in [2.45, 2.75) is 19.9 Å². The second-order valence-electron chi connectivity index (χ2n) is 1.96. The fourth-order valence-electron chi connectivity index (χ4n) is 0.663. The maximum atomic E-state index is 3.88. The zero-order chi connectivity index (χ0) is 5.98. The van der Waals surface area contributed by atoms with Crippen molar-refractivity contribution in [1.29, 1.82) is 0 Å². The van der Waals surface area contributed by atoms with Gasteiger partial charge in [-0.1, -0.05) is 0 Å². The molecule has 1 atom stereocenters. The van der Waals surface area contributed by atoms with Gasteiger partial charge in [-0.15, -0.1) is 0 Å². The molecular formula is C6H9N2. The van der Waals surface area contributed by atoms with Crippen molar-refractivity contribution < 1.29 is 0 Å². The fraction of sp³-hybridized carbons (Fsp3) is 0.500. The Morgan fingerprint density at radius 3 is 3.00 bits per heavy atom. The minimum atomic E-state index is 0.396. The highest BCUT2D eigenvalue weighted by Crippen LogP contribution is 1.99. The Balaban J connectivity index is 2.63. The van der Waals surface area contributed by atoms with Gasteiger partial charge in [-0.2, -0.15) is 0 Å². The predicted octanol–water partition coefficient (Wildman–Crippen LogP) is 0.787. The smallest absolute Gasteiger partial charge is 0.169 e. The molecule has 0 aliphatic carbocycles. The minimum absolute atomic E-state index is 0.396. The normalized spacial score (nSPS) is 26.8. The van der Waals surface area contributed by atoms with E-state index in [-0.39, 0.29) is 0 Å². The van der Waals surface area contributed by atoms with Gasteiger partial charge in [0.05, 0.1) is 0 Å². The highest BCUT2D eigenvalue weighted by molar-refractivity contribution is 5.58. The first kappa shape index (κ1) is 5.35.